The quantitative estimate of drug-likeness (QED) is 0.623. The lowest BCUT2D eigenvalue weighted by Gasteiger charge is -2.54. The van der Waals surface area contributed by atoms with E-state index in [2.05, 4.69) is 26.1 Å². The number of hydrogen-bond acceptors (Lipinski definition) is 2. The number of piperidine rings is 1. The Morgan fingerprint density at radius 2 is 1.93 bits per heavy atom. The predicted molar refractivity (Wildman–Crippen MR) is 58.2 cm³/mol. The molecule has 2 rings (SSSR count). The Morgan fingerprint density at radius 3 is 2.64 bits per heavy atom. The van der Waals surface area contributed by atoms with Gasteiger partial charge >= 0.3 is 0 Å². The van der Waals surface area contributed by atoms with Gasteiger partial charge in [0.25, 0.3) is 0 Å². The van der Waals surface area contributed by atoms with Gasteiger partial charge in [-0.2, -0.15) is 0 Å². The molecule has 0 radical (unpaired) electrons. The predicted octanol–water partition coefficient (Wildman–Crippen LogP) is 2.07. The van der Waals surface area contributed by atoms with Gasteiger partial charge in [-0.1, -0.05) is 12.8 Å². The van der Waals surface area contributed by atoms with Gasteiger partial charge in [-0.3, -0.25) is 0 Å². The Kier molecular flexibility index (Phi) is 2.39. The zero-order chi connectivity index (χ0) is 10.4. The van der Waals surface area contributed by atoms with Crippen molar-refractivity contribution in [1.82, 2.24) is 5.32 Å². The van der Waals surface area contributed by atoms with Gasteiger partial charge < -0.3 is 10.4 Å². The Hall–Kier alpha value is -0.0800. The van der Waals surface area contributed by atoms with E-state index in [1.54, 1.807) is 0 Å². The molecule has 1 aliphatic carbocycles. The van der Waals surface area contributed by atoms with Crippen molar-refractivity contribution in [2.45, 2.75) is 70.1 Å². The highest BCUT2D eigenvalue weighted by atomic mass is 16.3. The molecule has 14 heavy (non-hydrogen) atoms. The molecule has 2 heteroatoms. The molecule has 0 aromatic heterocycles. The summed E-state index contributed by atoms with van der Waals surface area (Å²) >= 11 is 0. The summed E-state index contributed by atoms with van der Waals surface area (Å²) in [6.45, 7) is 6.69. The van der Waals surface area contributed by atoms with E-state index in [0.29, 0.717) is 5.92 Å². The summed E-state index contributed by atoms with van der Waals surface area (Å²) in [7, 11) is 0. The summed E-state index contributed by atoms with van der Waals surface area (Å²) in [5.74, 6) is 0.476. The normalized spacial score (nSPS) is 47.1. The average molecular weight is 197 g/mol. The van der Waals surface area contributed by atoms with E-state index in [-0.39, 0.29) is 17.2 Å². The minimum Gasteiger partial charge on any atom is -0.393 e. The van der Waals surface area contributed by atoms with E-state index in [1.807, 2.05) is 0 Å². The standard InChI is InChI=1S/C12H23NO/c1-11(2)8-10(14)9-6-4-5-7-12(9,3)13-11/h9-10,13-14H,4-8H2,1-3H3. The second-order valence-corrected chi connectivity index (χ2v) is 6.05. The minimum atomic E-state index is -0.100. The van der Waals surface area contributed by atoms with Crippen LogP contribution in [0.3, 0.4) is 0 Å². The lowest BCUT2D eigenvalue weighted by Crippen LogP contribution is -2.66. The SMILES string of the molecule is CC1(C)CC(O)C2CCCCC2(C)N1. The zero-order valence-electron chi connectivity index (χ0n) is 9.64. The first-order valence-electron chi connectivity index (χ1n) is 5.90. The van der Waals surface area contributed by atoms with E-state index in [9.17, 15) is 5.11 Å². The number of fused-ring (bicyclic) bond motifs is 1. The molecular formula is C12H23NO. The van der Waals surface area contributed by atoms with Gasteiger partial charge in [0, 0.05) is 17.0 Å². The van der Waals surface area contributed by atoms with Crippen LogP contribution in [0.25, 0.3) is 0 Å². The highest BCUT2D eigenvalue weighted by Gasteiger charge is 2.48. The highest BCUT2D eigenvalue weighted by Crippen LogP contribution is 2.42. The summed E-state index contributed by atoms with van der Waals surface area (Å²) in [4.78, 5) is 0. The molecule has 0 spiro atoms. The van der Waals surface area contributed by atoms with Crippen molar-refractivity contribution >= 4 is 0 Å². The van der Waals surface area contributed by atoms with Crippen LogP contribution in [0.2, 0.25) is 0 Å². The molecule has 3 atom stereocenters. The van der Waals surface area contributed by atoms with Gasteiger partial charge in [0.1, 0.15) is 0 Å². The van der Waals surface area contributed by atoms with E-state index < -0.39 is 0 Å². The van der Waals surface area contributed by atoms with Crippen molar-refractivity contribution in [3.05, 3.63) is 0 Å². The van der Waals surface area contributed by atoms with E-state index >= 15 is 0 Å². The minimum absolute atomic E-state index is 0.0992. The number of hydrogen-bond donors (Lipinski definition) is 2. The van der Waals surface area contributed by atoms with Crippen LogP contribution >= 0.6 is 0 Å². The molecule has 0 bridgehead atoms. The molecule has 0 aromatic rings. The van der Waals surface area contributed by atoms with Crippen molar-refractivity contribution in [2.75, 3.05) is 0 Å². The molecule has 0 aromatic carbocycles. The maximum Gasteiger partial charge on any atom is 0.0603 e. The Bertz CT molecular complexity index is 226. The largest absolute Gasteiger partial charge is 0.393 e. The zero-order valence-corrected chi connectivity index (χ0v) is 9.64. The molecule has 2 nitrogen and oxygen atoms in total. The van der Waals surface area contributed by atoms with Crippen LogP contribution in [0.15, 0.2) is 0 Å². The van der Waals surface area contributed by atoms with Crippen LogP contribution in [-0.4, -0.2) is 22.3 Å². The molecule has 2 aliphatic rings. The molecule has 2 fully saturated rings. The first kappa shape index (κ1) is 10.4. The second kappa shape index (κ2) is 3.21. The Balaban J connectivity index is 2.20. The third kappa shape index (κ3) is 1.70. The third-order valence-electron chi connectivity index (χ3n) is 4.09. The van der Waals surface area contributed by atoms with Gasteiger partial charge in [0.05, 0.1) is 6.10 Å². The van der Waals surface area contributed by atoms with Gasteiger partial charge in [-0.25, -0.2) is 0 Å². The van der Waals surface area contributed by atoms with Crippen LogP contribution in [0.4, 0.5) is 0 Å². The van der Waals surface area contributed by atoms with Crippen molar-refractivity contribution in [2.24, 2.45) is 5.92 Å². The summed E-state index contributed by atoms with van der Waals surface area (Å²) < 4.78 is 0. The van der Waals surface area contributed by atoms with E-state index in [4.69, 9.17) is 0 Å². The summed E-state index contributed by atoms with van der Waals surface area (Å²) in [6, 6.07) is 0. The topological polar surface area (TPSA) is 32.3 Å². The van der Waals surface area contributed by atoms with Crippen molar-refractivity contribution < 1.29 is 5.11 Å². The van der Waals surface area contributed by atoms with Gasteiger partial charge in [-0.15, -0.1) is 0 Å². The molecule has 1 saturated carbocycles. The van der Waals surface area contributed by atoms with Gasteiger partial charge in [-0.05, 0) is 40.0 Å². The molecule has 2 N–H and O–H groups in total. The summed E-state index contributed by atoms with van der Waals surface area (Å²) in [5, 5.41) is 13.9. The summed E-state index contributed by atoms with van der Waals surface area (Å²) in [6.07, 6.45) is 5.81. The van der Waals surface area contributed by atoms with Gasteiger partial charge in [0.2, 0.25) is 0 Å². The number of aliphatic hydroxyl groups is 1. The number of nitrogens with one attached hydrogen (secondary N) is 1. The van der Waals surface area contributed by atoms with Crippen molar-refractivity contribution in [3.8, 4) is 0 Å². The van der Waals surface area contributed by atoms with Crippen LogP contribution in [-0.2, 0) is 0 Å². The highest BCUT2D eigenvalue weighted by molar-refractivity contribution is 5.06. The number of aliphatic hydroxyl groups excluding tert-OH is 1. The third-order valence-corrected chi connectivity index (χ3v) is 4.09. The van der Waals surface area contributed by atoms with Crippen LogP contribution in [0.5, 0.6) is 0 Å². The van der Waals surface area contributed by atoms with Gasteiger partial charge in [0.15, 0.2) is 0 Å². The molecule has 82 valence electrons. The molecule has 1 saturated heterocycles. The van der Waals surface area contributed by atoms with E-state index in [0.717, 1.165) is 6.42 Å². The lowest BCUT2D eigenvalue weighted by atomic mass is 9.65. The Labute approximate surface area is 87.1 Å². The summed E-state index contributed by atoms with van der Waals surface area (Å²) in [5.41, 5.74) is 0.279. The fourth-order valence-electron chi connectivity index (χ4n) is 3.62. The fourth-order valence-corrected chi connectivity index (χ4v) is 3.62. The molecule has 1 aliphatic heterocycles. The first-order chi connectivity index (χ1) is 6.43. The molecular weight excluding hydrogens is 174 g/mol. The maximum atomic E-state index is 10.2. The van der Waals surface area contributed by atoms with Crippen molar-refractivity contribution in [1.29, 1.82) is 0 Å². The number of rotatable bonds is 0. The molecule has 1 heterocycles. The van der Waals surface area contributed by atoms with Crippen LogP contribution in [0.1, 0.15) is 52.9 Å². The van der Waals surface area contributed by atoms with E-state index in [1.165, 1.54) is 25.7 Å². The lowest BCUT2D eigenvalue weighted by molar-refractivity contribution is -0.0482. The fraction of sp³-hybridized carbons (Fsp3) is 1.00. The Morgan fingerprint density at radius 1 is 1.21 bits per heavy atom. The molecule has 3 unspecified atom stereocenters. The smallest absolute Gasteiger partial charge is 0.0603 e. The van der Waals surface area contributed by atoms with Crippen LogP contribution in [0, 0.1) is 5.92 Å². The average Bonchev–Trinajstić information content (AvgIpc) is 1.99. The maximum absolute atomic E-state index is 10.2. The second-order valence-electron chi connectivity index (χ2n) is 6.05. The van der Waals surface area contributed by atoms with Crippen LogP contribution < -0.4 is 5.32 Å². The monoisotopic (exact) mass is 197 g/mol. The van der Waals surface area contributed by atoms with Crippen molar-refractivity contribution in [3.63, 3.8) is 0 Å². The molecule has 0 amide bonds. The first-order valence-corrected chi connectivity index (χ1v) is 5.90.